The number of fused-ring (bicyclic) bond motifs is 1. The minimum atomic E-state index is -0.503. The molecule has 5 rings (SSSR count). The maximum atomic E-state index is 14.3. The van der Waals surface area contributed by atoms with E-state index < -0.39 is 5.82 Å². The van der Waals surface area contributed by atoms with Gasteiger partial charge in [-0.3, -0.25) is 9.78 Å². The number of ether oxygens (including phenoxy) is 3. The second-order valence-electron chi connectivity index (χ2n) is 12.2. The molecule has 2 aliphatic heterocycles. The molecule has 1 N–H and O–H groups in total. The number of carbonyl (C=O) groups excluding carboxylic acids is 1. The molecule has 248 valence electrons. The average Bonchev–Trinajstić information content (AvgIpc) is 3.04. The van der Waals surface area contributed by atoms with E-state index in [9.17, 15) is 9.18 Å². The van der Waals surface area contributed by atoms with E-state index in [0.29, 0.717) is 44.4 Å². The number of carbonyl (C=O) groups is 1. The predicted molar refractivity (Wildman–Crippen MR) is 174 cm³/mol. The van der Waals surface area contributed by atoms with Crippen molar-refractivity contribution in [1.82, 2.24) is 30.1 Å². The molecule has 11 nitrogen and oxygen atoms in total. The lowest BCUT2D eigenvalue weighted by atomic mass is 9.98. The van der Waals surface area contributed by atoms with Crippen molar-refractivity contribution in [3.63, 3.8) is 0 Å². The van der Waals surface area contributed by atoms with Crippen LogP contribution in [0.1, 0.15) is 61.3 Å². The van der Waals surface area contributed by atoms with E-state index in [1.54, 1.807) is 11.1 Å². The molecule has 1 saturated heterocycles. The van der Waals surface area contributed by atoms with Crippen LogP contribution in [-0.4, -0.2) is 103 Å². The van der Waals surface area contributed by atoms with Crippen LogP contribution in [0.25, 0.3) is 0 Å². The second kappa shape index (κ2) is 15.6. The van der Waals surface area contributed by atoms with Gasteiger partial charge in [-0.15, -0.1) is 0 Å². The molecule has 0 aliphatic carbocycles. The molecule has 0 saturated carbocycles. The fourth-order valence-corrected chi connectivity index (χ4v) is 5.99. The summed E-state index contributed by atoms with van der Waals surface area (Å²) < 4.78 is 33.2. The highest BCUT2D eigenvalue weighted by molar-refractivity contribution is 5.97. The van der Waals surface area contributed by atoms with Crippen molar-refractivity contribution in [2.45, 2.75) is 58.2 Å². The summed E-state index contributed by atoms with van der Waals surface area (Å²) >= 11 is 0. The van der Waals surface area contributed by atoms with Gasteiger partial charge >= 0.3 is 0 Å². The van der Waals surface area contributed by atoms with Crippen LogP contribution in [0.5, 0.6) is 17.2 Å². The predicted octanol–water partition coefficient (Wildman–Crippen LogP) is 4.49. The first-order chi connectivity index (χ1) is 22.2. The first-order valence-corrected chi connectivity index (χ1v) is 16.2. The number of likely N-dealkylation sites (N-methyl/N-ethyl adjacent to an activating group) is 1. The summed E-state index contributed by atoms with van der Waals surface area (Å²) in [5.74, 6) is 1.35. The quantitative estimate of drug-likeness (QED) is 0.270. The van der Waals surface area contributed by atoms with Gasteiger partial charge in [-0.1, -0.05) is 0 Å². The lowest BCUT2D eigenvalue weighted by Crippen LogP contribution is -2.39. The van der Waals surface area contributed by atoms with E-state index in [-0.39, 0.29) is 35.4 Å². The first kappa shape index (κ1) is 33.5. The number of piperidine rings is 1. The second-order valence-corrected chi connectivity index (χ2v) is 12.2. The Morgan fingerprint density at radius 3 is 2.67 bits per heavy atom. The minimum absolute atomic E-state index is 0.0172. The molecule has 12 heteroatoms. The van der Waals surface area contributed by atoms with Crippen molar-refractivity contribution in [3.8, 4) is 17.2 Å². The third-order valence-corrected chi connectivity index (χ3v) is 8.41. The van der Waals surface area contributed by atoms with Crippen molar-refractivity contribution in [1.29, 1.82) is 0 Å². The van der Waals surface area contributed by atoms with Crippen LogP contribution in [0.15, 0.2) is 43.0 Å². The molecule has 2 aliphatic rings. The van der Waals surface area contributed by atoms with Gasteiger partial charge in [0, 0.05) is 69.8 Å². The van der Waals surface area contributed by atoms with Gasteiger partial charge in [0.15, 0.2) is 11.6 Å². The molecule has 1 amide bonds. The number of hydrogen-bond donors (Lipinski definition) is 1. The molecule has 3 aromatic rings. The maximum absolute atomic E-state index is 14.3. The van der Waals surface area contributed by atoms with Gasteiger partial charge < -0.3 is 34.2 Å². The number of hydrogen-bond acceptors (Lipinski definition) is 10. The Balaban J connectivity index is 1.26. The number of pyridine rings is 1. The number of nitrogens with zero attached hydrogens (tertiary/aromatic N) is 6. The van der Waals surface area contributed by atoms with Crippen molar-refractivity contribution >= 4 is 11.7 Å². The molecular formula is C34H46FN7O4. The van der Waals surface area contributed by atoms with Crippen LogP contribution in [0.2, 0.25) is 0 Å². The van der Waals surface area contributed by atoms with Gasteiger partial charge in [0.25, 0.3) is 5.91 Å². The molecule has 2 aromatic heterocycles. The Labute approximate surface area is 271 Å². The number of rotatable bonds is 13. The first-order valence-electron chi connectivity index (χ1n) is 16.2. The minimum Gasteiger partial charge on any atom is -0.490 e. The van der Waals surface area contributed by atoms with Crippen LogP contribution in [0.4, 0.5) is 10.2 Å². The molecule has 0 bridgehead atoms. The molecule has 1 unspecified atom stereocenters. The standard InChI is InChI=1S/C34H46FN7O4/c1-6-42(23(2)3)34(43)26-19-24(35)7-8-29(26)46-31-20-36-22-39-33(31)41-15-11-25(12-16-41)45-30-10-14-37-27-9-13-38-28(32(27)30)21-44-18-17-40(4)5/h7-8,10,14,19-20,22-23,25,28,38H,6,9,11-13,15-18,21H2,1-5H3. The summed E-state index contributed by atoms with van der Waals surface area (Å²) in [6, 6.07) is 5.94. The Morgan fingerprint density at radius 1 is 1.13 bits per heavy atom. The van der Waals surface area contributed by atoms with Gasteiger partial charge in [-0.2, -0.15) is 0 Å². The molecule has 0 spiro atoms. The van der Waals surface area contributed by atoms with E-state index in [4.69, 9.17) is 14.2 Å². The number of amides is 1. The van der Waals surface area contributed by atoms with Crippen LogP contribution in [0.3, 0.4) is 0 Å². The fourth-order valence-electron chi connectivity index (χ4n) is 5.99. The Kier molecular flexibility index (Phi) is 11.4. The van der Waals surface area contributed by atoms with Gasteiger partial charge in [0.2, 0.25) is 0 Å². The lowest BCUT2D eigenvalue weighted by molar-refractivity contribution is 0.0713. The van der Waals surface area contributed by atoms with Crippen molar-refractivity contribution < 1.29 is 23.4 Å². The Morgan fingerprint density at radius 2 is 1.93 bits per heavy atom. The van der Waals surface area contributed by atoms with E-state index in [1.807, 2.05) is 47.1 Å². The third-order valence-electron chi connectivity index (χ3n) is 8.41. The maximum Gasteiger partial charge on any atom is 0.257 e. The van der Waals surface area contributed by atoms with Gasteiger partial charge in [-0.05, 0) is 59.1 Å². The molecule has 1 fully saturated rings. The summed E-state index contributed by atoms with van der Waals surface area (Å²) in [5, 5.41) is 3.59. The summed E-state index contributed by atoms with van der Waals surface area (Å²) in [6.07, 6.45) is 7.32. The summed E-state index contributed by atoms with van der Waals surface area (Å²) in [6.45, 7) is 10.6. The number of anilines is 1. The number of nitrogens with one attached hydrogen (secondary N) is 1. The van der Waals surface area contributed by atoms with Crippen LogP contribution in [0, 0.1) is 5.82 Å². The smallest absolute Gasteiger partial charge is 0.257 e. The SMILES string of the molecule is CCN(C(=O)c1cc(F)ccc1Oc1cncnc1N1CCC(Oc2ccnc3c2C(COCCN(C)C)NCC3)CC1)C(C)C. The molecule has 1 aromatic carbocycles. The number of aromatic nitrogens is 3. The van der Waals surface area contributed by atoms with E-state index in [0.717, 1.165) is 49.4 Å². The van der Waals surface area contributed by atoms with Crippen LogP contribution < -0.4 is 19.7 Å². The Hall–Kier alpha value is -3.87. The van der Waals surface area contributed by atoms with Crippen LogP contribution in [-0.2, 0) is 11.2 Å². The van der Waals surface area contributed by atoms with Crippen molar-refractivity contribution in [2.75, 3.05) is 64.9 Å². The highest BCUT2D eigenvalue weighted by Gasteiger charge is 2.29. The van der Waals surface area contributed by atoms with Gasteiger partial charge in [0.1, 0.15) is 29.7 Å². The van der Waals surface area contributed by atoms with E-state index in [2.05, 4.69) is 30.1 Å². The summed E-state index contributed by atoms with van der Waals surface area (Å²) in [5.41, 5.74) is 2.32. The molecular weight excluding hydrogens is 589 g/mol. The monoisotopic (exact) mass is 635 g/mol. The fraction of sp³-hybridized carbons (Fsp3) is 0.529. The van der Waals surface area contributed by atoms with Crippen molar-refractivity contribution in [3.05, 3.63) is 65.6 Å². The zero-order valence-corrected chi connectivity index (χ0v) is 27.5. The zero-order valence-electron chi connectivity index (χ0n) is 27.5. The zero-order chi connectivity index (χ0) is 32.6. The van der Waals surface area contributed by atoms with Crippen LogP contribution >= 0.6 is 0 Å². The number of halogens is 1. The normalized spacial score (nSPS) is 16.9. The summed E-state index contributed by atoms with van der Waals surface area (Å²) in [7, 11) is 4.07. The van der Waals surface area contributed by atoms with Crippen molar-refractivity contribution in [2.24, 2.45) is 0 Å². The third kappa shape index (κ3) is 8.09. The average molecular weight is 636 g/mol. The highest BCUT2D eigenvalue weighted by atomic mass is 19.1. The molecule has 4 heterocycles. The van der Waals surface area contributed by atoms with E-state index >= 15 is 0 Å². The molecule has 1 atom stereocenters. The van der Waals surface area contributed by atoms with Gasteiger partial charge in [0.05, 0.1) is 36.7 Å². The highest BCUT2D eigenvalue weighted by Crippen LogP contribution is 2.36. The lowest BCUT2D eigenvalue weighted by Gasteiger charge is -2.35. The Bertz CT molecular complexity index is 1470. The molecule has 0 radical (unpaired) electrons. The number of benzene rings is 1. The summed E-state index contributed by atoms with van der Waals surface area (Å²) in [4.78, 5) is 32.7. The topological polar surface area (TPSA) is 105 Å². The molecule has 46 heavy (non-hydrogen) atoms. The van der Waals surface area contributed by atoms with E-state index in [1.165, 1.54) is 24.5 Å². The van der Waals surface area contributed by atoms with Gasteiger partial charge in [-0.25, -0.2) is 14.4 Å². The largest absolute Gasteiger partial charge is 0.490 e.